The third-order valence-corrected chi connectivity index (χ3v) is 4.07. The van der Waals surface area contributed by atoms with E-state index in [2.05, 4.69) is 5.32 Å². The Morgan fingerprint density at radius 3 is 2.08 bits per heavy atom. The SMILES string of the molecule is O=C(CC(Cc1ccccc1)c1ccccc1)NC(CC(F)F)C(=O)O. The maximum atomic E-state index is 12.5. The van der Waals surface area contributed by atoms with Gasteiger partial charge in [0, 0.05) is 12.8 Å². The number of rotatable bonds is 9. The molecule has 0 bridgehead atoms. The Balaban J connectivity index is 2.10. The highest BCUT2D eigenvalue weighted by atomic mass is 19.3. The third kappa shape index (κ3) is 6.27. The van der Waals surface area contributed by atoms with Crippen molar-refractivity contribution in [3.63, 3.8) is 0 Å². The van der Waals surface area contributed by atoms with E-state index in [1.165, 1.54) is 0 Å². The van der Waals surface area contributed by atoms with Crippen molar-refractivity contribution in [1.29, 1.82) is 0 Å². The zero-order chi connectivity index (χ0) is 18.9. The van der Waals surface area contributed by atoms with E-state index in [0.717, 1.165) is 11.1 Å². The maximum Gasteiger partial charge on any atom is 0.326 e. The Hall–Kier alpha value is -2.76. The lowest BCUT2D eigenvalue weighted by atomic mass is 9.89. The molecule has 4 nitrogen and oxygen atoms in total. The minimum Gasteiger partial charge on any atom is -0.480 e. The minimum absolute atomic E-state index is 0.0198. The first kappa shape index (κ1) is 19.6. The Labute approximate surface area is 150 Å². The zero-order valence-corrected chi connectivity index (χ0v) is 14.1. The van der Waals surface area contributed by atoms with Gasteiger partial charge in [-0.25, -0.2) is 13.6 Å². The molecule has 0 radical (unpaired) electrons. The van der Waals surface area contributed by atoms with Crippen molar-refractivity contribution in [2.75, 3.05) is 0 Å². The van der Waals surface area contributed by atoms with Gasteiger partial charge in [0.05, 0.1) is 0 Å². The van der Waals surface area contributed by atoms with Gasteiger partial charge >= 0.3 is 5.97 Å². The van der Waals surface area contributed by atoms with Gasteiger partial charge in [-0.15, -0.1) is 0 Å². The van der Waals surface area contributed by atoms with Crippen LogP contribution < -0.4 is 5.32 Å². The normalized spacial score (nSPS) is 13.2. The monoisotopic (exact) mass is 361 g/mol. The van der Waals surface area contributed by atoms with Crippen LogP contribution in [0.15, 0.2) is 60.7 Å². The lowest BCUT2D eigenvalue weighted by Crippen LogP contribution is -2.42. The lowest BCUT2D eigenvalue weighted by molar-refractivity contribution is -0.143. The fourth-order valence-corrected chi connectivity index (χ4v) is 2.81. The number of halogens is 2. The first-order chi connectivity index (χ1) is 12.5. The predicted octanol–water partition coefficient (Wildman–Crippen LogP) is 3.63. The lowest BCUT2D eigenvalue weighted by Gasteiger charge is -2.19. The van der Waals surface area contributed by atoms with Crippen molar-refractivity contribution in [1.82, 2.24) is 5.32 Å². The van der Waals surface area contributed by atoms with Crippen LogP contribution in [0.3, 0.4) is 0 Å². The van der Waals surface area contributed by atoms with Crippen LogP contribution in [0.1, 0.15) is 29.9 Å². The van der Waals surface area contributed by atoms with Crippen LogP contribution in [-0.4, -0.2) is 29.5 Å². The quantitative estimate of drug-likeness (QED) is 0.717. The minimum atomic E-state index is -2.80. The summed E-state index contributed by atoms with van der Waals surface area (Å²) in [6.45, 7) is 0. The number of amides is 1. The largest absolute Gasteiger partial charge is 0.480 e. The van der Waals surface area contributed by atoms with E-state index < -0.39 is 30.8 Å². The molecule has 2 unspecified atom stereocenters. The van der Waals surface area contributed by atoms with Gasteiger partial charge in [-0.2, -0.15) is 0 Å². The van der Waals surface area contributed by atoms with Crippen LogP contribution in [0.25, 0.3) is 0 Å². The molecule has 0 aliphatic rings. The maximum absolute atomic E-state index is 12.5. The van der Waals surface area contributed by atoms with E-state index in [1.807, 2.05) is 60.7 Å². The molecular formula is C20H21F2NO3. The Kier molecular flexibility index (Phi) is 7.26. The molecule has 0 aromatic heterocycles. The molecule has 138 valence electrons. The molecule has 2 aromatic carbocycles. The van der Waals surface area contributed by atoms with E-state index >= 15 is 0 Å². The number of carboxylic acids is 1. The molecule has 2 aromatic rings. The third-order valence-electron chi connectivity index (χ3n) is 4.07. The van der Waals surface area contributed by atoms with Crippen molar-refractivity contribution in [2.45, 2.75) is 37.6 Å². The summed E-state index contributed by atoms with van der Waals surface area (Å²) in [7, 11) is 0. The molecule has 26 heavy (non-hydrogen) atoms. The number of benzene rings is 2. The smallest absolute Gasteiger partial charge is 0.326 e. The highest BCUT2D eigenvalue weighted by molar-refractivity contribution is 5.84. The van der Waals surface area contributed by atoms with Crippen LogP contribution in [0, 0.1) is 0 Å². The highest BCUT2D eigenvalue weighted by Crippen LogP contribution is 2.24. The van der Waals surface area contributed by atoms with E-state index in [9.17, 15) is 18.4 Å². The second-order valence-corrected chi connectivity index (χ2v) is 6.09. The van der Waals surface area contributed by atoms with Gasteiger partial charge < -0.3 is 10.4 Å². The number of alkyl halides is 2. The van der Waals surface area contributed by atoms with E-state index in [0.29, 0.717) is 6.42 Å². The fraction of sp³-hybridized carbons (Fsp3) is 0.300. The van der Waals surface area contributed by atoms with Crippen molar-refractivity contribution in [2.24, 2.45) is 0 Å². The van der Waals surface area contributed by atoms with Gasteiger partial charge in [0.2, 0.25) is 12.3 Å². The van der Waals surface area contributed by atoms with E-state index in [4.69, 9.17) is 5.11 Å². The number of aliphatic carboxylic acids is 1. The molecule has 0 spiro atoms. The first-order valence-corrected chi connectivity index (χ1v) is 8.35. The van der Waals surface area contributed by atoms with Crippen molar-refractivity contribution >= 4 is 11.9 Å². The summed E-state index contributed by atoms with van der Waals surface area (Å²) in [6.07, 6.45) is -3.10. The molecule has 6 heteroatoms. The molecule has 1 amide bonds. The number of carbonyl (C=O) groups excluding carboxylic acids is 1. The molecule has 2 atom stereocenters. The van der Waals surface area contributed by atoms with Gasteiger partial charge in [-0.05, 0) is 23.5 Å². The number of carbonyl (C=O) groups is 2. The molecule has 2 N–H and O–H groups in total. The Morgan fingerprint density at radius 1 is 0.962 bits per heavy atom. The molecule has 0 fully saturated rings. The van der Waals surface area contributed by atoms with Crippen LogP contribution in [-0.2, 0) is 16.0 Å². The van der Waals surface area contributed by atoms with Crippen LogP contribution in [0.4, 0.5) is 8.78 Å². The standard InChI is InChI=1S/C20H21F2NO3/c21-18(22)13-17(20(25)26)23-19(24)12-16(15-9-5-2-6-10-15)11-14-7-3-1-4-8-14/h1-10,16-18H,11-13H2,(H,23,24)(H,25,26). The van der Waals surface area contributed by atoms with Crippen LogP contribution in [0.5, 0.6) is 0 Å². The molecule has 0 saturated heterocycles. The number of hydrogen-bond acceptors (Lipinski definition) is 2. The second-order valence-electron chi connectivity index (χ2n) is 6.09. The summed E-state index contributed by atoms with van der Waals surface area (Å²) in [5.41, 5.74) is 1.98. The molecule has 0 aliphatic heterocycles. The molecule has 0 aliphatic carbocycles. The van der Waals surface area contributed by atoms with Gasteiger partial charge in [0.1, 0.15) is 6.04 Å². The highest BCUT2D eigenvalue weighted by Gasteiger charge is 2.25. The van der Waals surface area contributed by atoms with E-state index in [-0.39, 0.29) is 12.3 Å². The van der Waals surface area contributed by atoms with Crippen molar-refractivity contribution < 1.29 is 23.5 Å². The number of nitrogens with one attached hydrogen (secondary N) is 1. The summed E-state index contributed by atoms with van der Waals surface area (Å²) in [5.74, 6) is -2.19. The average Bonchev–Trinajstić information content (AvgIpc) is 2.62. The summed E-state index contributed by atoms with van der Waals surface area (Å²) in [4.78, 5) is 23.4. The Morgan fingerprint density at radius 2 is 1.54 bits per heavy atom. The van der Waals surface area contributed by atoms with Gasteiger partial charge in [0.15, 0.2) is 0 Å². The summed E-state index contributed by atoms with van der Waals surface area (Å²) < 4.78 is 25.0. The molecule has 0 saturated carbocycles. The molecule has 2 rings (SSSR count). The van der Waals surface area contributed by atoms with Crippen molar-refractivity contribution in [3.8, 4) is 0 Å². The average molecular weight is 361 g/mol. The summed E-state index contributed by atoms with van der Waals surface area (Å²) in [5, 5.41) is 11.2. The van der Waals surface area contributed by atoms with Crippen LogP contribution in [0.2, 0.25) is 0 Å². The predicted molar refractivity (Wildman–Crippen MR) is 94.1 cm³/mol. The van der Waals surface area contributed by atoms with Gasteiger partial charge in [-0.1, -0.05) is 60.7 Å². The summed E-state index contributed by atoms with van der Waals surface area (Å²) >= 11 is 0. The molecular weight excluding hydrogens is 340 g/mol. The fourth-order valence-electron chi connectivity index (χ4n) is 2.81. The van der Waals surface area contributed by atoms with Gasteiger partial charge in [-0.3, -0.25) is 4.79 Å². The first-order valence-electron chi connectivity index (χ1n) is 8.35. The second kappa shape index (κ2) is 9.65. The van der Waals surface area contributed by atoms with Crippen molar-refractivity contribution in [3.05, 3.63) is 71.8 Å². The molecule has 0 heterocycles. The zero-order valence-electron chi connectivity index (χ0n) is 14.1. The van der Waals surface area contributed by atoms with E-state index in [1.54, 1.807) is 0 Å². The van der Waals surface area contributed by atoms with Gasteiger partial charge in [0.25, 0.3) is 0 Å². The number of hydrogen-bond donors (Lipinski definition) is 2. The number of carboxylic acid groups (broad SMARTS) is 1. The Bertz CT molecular complexity index is 708. The van der Waals surface area contributed by atoms with Crippen LogP contribution >= 0.6 is 0 Å². The summed E-state index contributed by atoms with van der Waals surface area (Å²) in [6, 6.07) is 17.4. The topological polar surface area (TPSA) is 66.4 Å².